The highest BCUT2D eigenvalue weighted by Gasteiger charge is 2.13. The van der Waals surface area contributed by atoms with Gasteiger partial charge >= 0.3 is 0 Å². The summed E-state index contributed by atoms with van der Waals surface area (Å²) < 4.78 is 3.47. The zero-order valence-corrected chi connectivity index (χ0v) is 7.71. The van der Waals surface area contributed by atoms with E-state index in [9.17, 15) is 0 Å². The summed E-state index contributed by atoms with van der Waals surface area (Å²) in [6.45, 7) is 4.59. The zero-order valence-electron chi connectivity index (χ0n) is 6.89. The molecule has 1 rings (SSSR count). The molecule has 0 radical (unpaired) electrons. The average molecular weight is 159 g/mol. The van der Waals surface area contributed by atoms with E-state index in [0.29, 0.717) is 0 Å². The van der Waals surface area contributed by atoms with Crippen molar-refractivity contribution in [2.75, 3.05) is 5.75 Å². The van der Waals surface area contributed by atoms with Gasteiger partial charge in [-0.05, 0) is 25.2 Å². The normalized spacial score (nSPS) is 27.3. The van der Waals surface area contributed by atoms with Crippen molar-refractivity contribution in [1.82, 2.24) is 4.72 Å². The van der Waals surface area contributed by atoms with Crippen LogP contribution in [0, 0.1) is 5.92 Å². The average Bonchev–Trinajstić information content (AvgIpc) is 1.88. The molecule has 10 heavy (non-hydrogen) atoms. The van der Waals surface area contributed by atoms with Gasteiger partial charge in [-0.25, -0.2) is 0 Å². The summed E-state index contributed by atoms with van der Waals surface area (Å²) in [4.78, 5) is 0. The van der Waals surface area contributed by atoms with E-state index >= 15 is 0 Å². The first-order valence-corrected chi connectivity index (χ1v) is 5.15. The molecule has 1 unspecified atom stereocenters. The third-order valence-electron chi connectivity index (χ3n) is 1.80. The molecule has 1 fully saturated rings. The Bertz CT molecular complexity index is 87.3. The lowest BCUT2D eigenvalue weighted by Crippen LogP contribution is -2.28. The first-order chi connectivity index (χ1) is 4.79. The zero-order chi connectivity index (χ0) is 7.40. The molecule has 1 atom stereocenters. The number of nitrogens with one attached hydrogen (secondary N) is 1. The second kappa shape index (κ2) is 4.24. The van der Waals surface area contributed by atoms with Crippen LogP contribution in [0.1, 0.15) is 33.1 Å². The molecule has 2 heteroatoms. The van der Waals surface area contributed by atoms with E-state index in [2.05, 4.69) is 18.6 Å². The van der Waals surface area contributed by atoms with Crippen molar-refractivity contribution in [2.24, 2.45) is 5.92 Å². The highest BCUT2D eigenvalue weighted by atomic mass is 32.2. The molecule has 0 aromatic carbocycles. The van der Waals surface area contributed by atoms with Crippen molar-refractivity contribution in [3.8, 4) is 0 Å². The Balaban J connectivity index is 2.13. The molecule has 0 aliphatic carbocycles. The van der Waals surface area contributed by atoms with Gasteiger partial charge < -0.3 is 0 Å². The standard InChI is InChI=1S/C8H17NS/c1-7(2)6-8-4-3-5-10-9-8/h7-9H,3-6H2,1-2H3. The molecule has 1 aliphatic heterocycles. The Morgan fingerprint density at radius 2 is 2.40 bits per heavy atom. The molecule has 0 saturated carbocycles. The smallest absolute Gasteiger partial charge is 0.0174 e. The van der Waals surface area contributed by atoms with E-state index in [0.717, 1.165) is 12.0 Å². The van der Waals surface area contributed by atoms with Gasteiger partial charge in [0.1, 0.15) is 0 Å². The van der Waals surface area contributed by atoms with Crippen LogP contribution in [0.25, 0.3) is 0 Å². The lowest BCUT2D eigenvalue weighted by atomic mass is 10.0. The molecule has 0 aromatic rings. The predicted octanol–water partition coefficient (Wildman–Crippen LogP) is 2.43. The highest BCUT2D eigenvalue weighted by Crippen LogP contribution is 2.18. The topological polar surface area (TPSA) is 12.0 Å². The van der Waals surface area contributed by atoms with Crippen molar-refractivity contribution >= 4 is 11.9 Å². The van der Waals surface area contributed by atoms with Crippen LogP contribution in [0.3, 0.4) is 0 Å². The summed E-state index contributed by atoms with van der Waals surface area (Å²) in [5, 5.41) is 0. The number of hydrogen-bond donors (Lipinski definition) is 1. The maximum atomic E-state index is 3.47. The summed E-state index contributed by atoms with van der Waals surface area (Å²) >= 11 is 1.89. The monoisotopic (exact) mass is 159 g/mol. The fraction of sp³-hybridized carbons (Fsp3) is 1.00. The summed E-state index contributed by atoms with van der Waals surface area (Å²) in [5.74, 6) is 2.14. The molecule has 1 aliphatic rings. The van der Waals surface area contributed by atoms with Gasteiger partial charge in [-0.3, -0.25) is 4.72 Å². The minimum atomic E-state index is 0.791. The van der Waals surface area contributed by atoms with Crippen molar-refractivity contribution < 1.29 is 0 Å². The van der Waals surface area contributed by atoms with E-state index < -0.39 is 0 Å². The van der Waals surface area contributed by atoms with Crippen LogP contribution in [0.5, 0.6) is 0 Å². The van der Waals surface area contributed by atoms with Crippen molar-refractivity contribution in [3.05, 3.63) is 0 Å². The van der Waals surface area contributed by atoms with Crippen LogP contribution in [-0.4, -0.2) is 11.8 Å². The number of hydrogen-bond acceptors (Lipinski definition) is 2. The van der Waals surface area contributed by atoms with Gasteiger partial charge in [0.15, 0.2) is 0 Å². The first-order valence-electron chi connectivity index (χ1n) is 4.16. The Morgan fingerprint density at radius 1 is 1.60 bits per heavy atom. The van der Waals surface area contributed by atoms with Crippen LogP contribution >= 0.6 is 11.9 Å². The molecule has 0 bridgehead atoms. The largest absolute Gasteiger partial charge is 0.261 e. The van der Waals surface area contributed by atoms with Crippen LogP contribution in [0.15, 0.2) is 0 Å². The minimum absolute atomic E-state index is 0.791. The molecule has 1 heterocycles. The van der Waals surface area contributed by atoms with E-state index in [-0.39, 0.29) is 0 Å². The van der Waals surface area contributed by atoms with Crippen LogP contribution in [0.4, 0.5) is 0 Å². The molecular formula is C8H17NS. The maximum absolute atomic E-state index is 3.47. The van der Waals surface area contributed by atoms with Crippen molar-refractivity contribution in [1.29, 1.82) is 0 Å². The van der Waals surface area contributed by atoms with E-state index in [1.807, 2.05) is 11.9 Å². The van der Waals surface area contributed by atoms with E-state index in [1.54, 1.807) is 0 Å². The second-order valence-electron chi connectivity index (χ2n) is 3.44. The van der Waals surface area contributed by atoms with Gasteiger partial charge in [-0.1, -0.05) is 25.8 Å². The molecule has 1 saturated heterocycles. The predicted molar refractivity (Wildman–Crippen MR) is 48.1 cm³/mol. The Morgan fingerprint density at radius 3 is 2.90 bits per heavy atom. The van der Waals surface area contributed by atoms with Gasteiger partial charge in [0.25, 0.3) is 0 Å². The maximum Gasteiger partial charge on any atom is 0.0174 e. The molecular weight excluding hydrogens is 142 g/mol. The van der Waals surface area contributed by atoms with Gasteiger partial charge in [0.2, 0.25) is 0 Å². The molecule has 0 amide bonds. The Hall–Kier alpha value is 0.310. The minimum Gasteiger partial charge on any atom is -0.261 e. The van der Waals surface area contributed by atoms with E-state index in [1.165, 1.54) is 25.0 Å². The third kappa shape index (κ3) is 2.93. The van der Waals surface area contributed by atoms with Crippen LogP contribution in [-0.2, 0) is 0 Å². The van der Waals surface area contributed by atoms with Crippen LogP contribution in [0.2, 0.25) is 0 Å². The quantitative estimate of drug-likeness (QED) is 0.621. The van der Waals surface area contributed by atoms with Gasteiger partial charge in [-0.2, -0.15) is 0 Å². The molecule has 0 spiro atoms. The molecule has 0 aromatic heterocycles. The lowest BCUT2D eigenvalue weighted by molar-refractivity contribution is 0.443. The Labute approximate surface area is 68.1 Å². The summed E-state index contributed by atoms with van der Waals surface area (Å²) in [6.07, 6.45) is 4.12. The summed E-state index contributed by atoms with van der Waals surface area (Å²) in [7, 11) is 0. The summed E-state index contributed by atoms with van der Waals surface area (Å²) in [5.41, 5.74) is 0. The molecule has 1 N–H and O–H groups in total. The molecule has 1 nitrogen and oxygen atoms in total. The van der Waals surface area contributed by atoms with Gasteiger partial charge in [-0.15, -0.1) is 0 Å². The first kappa shape index (κ1) is 8.41. The summed E-state index contributed by atoms with van der Waals surface area (Å²) in [6, 6.07) is 0.791. The van der Waals surface area contributed by atoms with Gasteiger partial charge in [0.05, 0.1) is 0 Å². The lowest BCUT2D eigenvalue weighted by Gasteiger charge is -2.23. The van der Waals surface area contributed by atoms with Crippen molar-refractivity contribution in [3.63, 3.8) is 0 Å². The van der Waals surface area contributed by atoms with E-state index in [4.69, 9.17) is 0 Å². The Kier molecular flexibility index (Phi) is 3.57. The molecule has 60 valence electrons. The van der Waals surface area contributed by atoms with Crippen LogP contribution < -0.4 is 4.72 Å². The third-order valence-corrected chi connectivity index (χ3v) is 2.80. The number of rotatable bonds is 2. The SMILES string of the molecule is CC(C)CC1CCCSN1. The fourth-order valence-electron chi connectivity index (χ4n) is 1.37. The van der Waals surface area contributed by atoms with Gasteiger partial charge in [0, 0.05) is 11.8 Å². The second-order valence-corrected chi connectivity index (χ2v) is 4.37. The fourth-order valence-corrected chi connectivity index (χ4v) is 2.25. The van der Waals surface area contributed by atoms with Crippen molar-refractivity contribution in [2.45, 2.75) is 39.2 Å². The highest BCUT2D eigenvalue weighted by molar-refractivity contribution is 7.97.